The van der Waals surface area contributed by atoms with Crippen LogP contribution in [0, 0.1) is 6.92 Å². The van der Waals surface area contributed by atoms with Crippen LogP contribution in [0.2, 0.25) is 0 Å². The first-order chi connectivity index (χ1) is 7.86. The third-order valence-corrected chi connectivity index (χ3v) is 2.09. The molecule has 100 valence electrons. The highest BCUT2D eigenvalue weighted by Crippen LogP contribution is 2.29. The summed E-state index contributed by atoms with van der Waals surface area (Å²) in [6, 6.07) is -0.154. The molecule has 0 bridgehead atoms. The molecule has 1 rings (SSSR count). The first-order valence-corrected chi connectivity index (χ1v) is 5.48. The highest BCUT2D eigenvalue weighted by atomic mass is 19.4. The number of alkyl halides is 3. The fourth-order valence-corrected chi connectivity index (χ4v) is 1.39. The van der Waals surface area contributed by atoms with Gasteiger partial charge in [-0.3, -0.25) is 0 Å². The summed E-state index contributed by atoms with van der Waals surface area (Å²) in [4.78, 5) is 3.47. The number of hydrogen-bond donors (Lipinski definition) is 0. The van der Waals surface area contributed by atoms with Gasteiger partial charge in [0.2, 0.25) is 0 Å². The van der Waals surface area contributed by atoms with Crippen molar-refractivity contribution in [1.82, 2.24) is 9.55 Å². The third-order valence-electron chi connectivity index (χ3n) is 2.09. The summed E-state index contributed by atoms with van der Waals surface area (Å²) in [6.45, 7) is 7.67. The van der Waals surface area contributed by atoms with Crippen LogP contribution in [0.1, 0.15) is 38.3 Å². The highest BCUT2D eigenvalue weighted by Gasteiger charge is 2.34. The minimum absolute atomic E-state index is 0.154. The number of rotatable bonds is 3. The molecule has 1 aromatic heterocycles. The molecule has 1 heterocycles. The van der Waals surface area contributed by atoms with Gasteiger partial charge in [0.05, 0.1) is 12.6 Å². The molecule has 0 saturated heterocycles. The molecule has 0 fully saturated rings. The highest BCUT2D eigenvalue weighted by molar-refractivity contribution is 5.07. The van der Waals surface area contributed by atoms with Crippen LogP contribution >= 0.6 is 0 Å². The number of hydrogen-bond acceptors (Lipinski definition) is 2. The summed E-state index contributed by atoms with van der Waals surface area (Å²) < 4.78 is 43.3. The Morgan fingerprint density at radius 2 is 1.94 bits per heavy atom. The molecule has 0 saturated carbocycles. The van der Waals surface area contributed by atoms with Crippen molar-refractivity contribution in [2.24, 2.45) is 0 Å². The minimum Gasteiger partial charge on any atom is -0.383 e. The van der Waals surface area contributed by atoms with Crippen LogP contribution in [-0.4, -0.2) is 23.3 Å². The molecular weight excluding hydrogens is 233 g/mol. The molecular formula is C11H19F3N2O. The van der Waals surface area contributed by atoms with E-state index < -0.39 is 11.9 Å². The van der Waals surface area contributed by atoms with Crippen LogP contribution in [-0.2, 0) is 10.9 Å². The number of aromatic nitrogens is 2. The lowest BCUT2D eigenvalue weighted by Crippen LogP contribution is -2.11. The molecule has 17 heavy (non-hydrogen) atoms. The Hall–Kier alpha value is -1.04. The number of imidazole rings is 1. The van der Waals surface area contributed by atoms with E-state index in [1.807, 2.05) is 13.8 Å². The first-order valence-electron chi connectivity index (χ1n) is 5.48. The number of halogens is 3. The zero-order valence-corrected chi connectivity index (χ0v) is 10.8. The summed E-state index contributed by atoms with van der Waals surface area (Å²) in [5.74, 6) is 0.340. The fourth-order valence-electron chi connectivity index (χ4n) is 1.39. The van der Waals surface area contributed by atoms with Crippen LogP contribution < -0.4 is 0 Å². The van der Waals surface area contributed by atoms with E-state index in [0.29, 0.717) is 12.4 Å². The maximum atomic E-state index is 12.3. The predicted octanol–water partition coefficient (Wildman–Crippen LogP) is 3.44. The van der Waals surface area contributed by atoms with E-state index in [4.69, 9.17) is 4.74 Å². The zero-order valence-electron chi connectivity index (χ0n) is 10.8. The van der Waals surface area contributed by atoms with Crippen LogP contribution in [0.5, 0.6) is 0 Å². The average molecular weight is 252 g/mol. The molecule has 0 aliphatic rings. The van der Waals surface area contributed by atoms with Gasteiger partial charge in [0, 0.05) is 13.3 Å². The van der Waals surface area contributed by atoms with E-state index in [0.717, 1.165) is 6.20 Å². The molecule has 1 aromatic rings. The average Bonchev–Trinajstić information content (AvgIpc) is 2.63. The van der Waals surface area contributed by atoms with Gasteiger partial charge in [0.1, 0.15) is 5.82 Å². The molecule has 0 aliphatic heterocycles. The van der Waals surface area contributed by atoms with Crippen molar-refractivity contribution in [3.05, 3.63) is 17.7 Å². The van der Waals surface area contributed by atoms with E-state index in [2.05, 4.69) is 4.98 Å². The van der Waals surface area contributed by atoms with E-state index >= 15 is 0 Å². The van der Waals surface area contributed by atoms with Crippen LogP contribution in [0.3, 0.4) is 0 Å². The second-order valence-corrected chi connectivity index (χ2v) is 3.38. The molecule has 1 atom stereocenters. The van der Waals surface area contributed by atoms with Gasteiger partial charge in [0.25, 0.3) is 0 Å². The summed E-state index contributed by atoms with van der Waals surface area (Å²) in [7, 11) is 1.51. The van der Waals surface area contributed by atoms with Crippen molar-refractivity contribution in [2.75, 3.05) is 13.7 Å². The van der Waals surface area contributed by atoms with Gasteiger partial charge in [-0.2, -0.15) is 13.2 Å². The molecule has 6 heteroatoms. The minimum atomic E-state index is -4.39. The van der Waals surface area contributed by atoms with Crippen molar-refractivity contribution in [3.8, 4) is 0 Å². The van der Waals surface area contributed by atoms with Gasteiger partial charge in [-0.1, -0.05) is 13.8 Å². The van der Waals surface area contributed by atoms with E-state index in [9.17, 15) is 13.2 Å². The van der Waals surface area contributed by atoms with Crippen LogP contribution in [0.25, 0.3) is 0 Å². The standard InChI is InChI=1S/C9H13F3N2O.C2H6/c1-6(5-15-3)14-4-8(9(10,11)12)13-7(14)2;1-2/h4,6H,5H2,1-3H3;1-2H3. The lowest BCUT2D eigenvalue weighted by Gasteiger charge is -2.13. The van der Waals surface area contributed by atoms with Gasteiger partial charge >= 0.3 is 6.18 Å². The van der Waals surface area contributed by atoms with Crippen molar-refractivity contribution in [1.29, 1.82) is 0 Å². The number of methoxy groups -OCH3 is 1. The fraction of sp³-hybridized carbons (Fsp3) is 0.727. The van der Waals surface area contributed by atoms with Crippen molar-refractivity contribution < 1.29 is 17.9 Å². The lowest BCUT2D eigenvalue weighted by atomic mass is 10.3. The van der Waals surface area contributed by atoms with Crippen LogP contribution in [0.15, 0.2) is 6.20 Å². The molecule has 0 N–H and O–H groups in total. The molecule has 0 radical (unpaired) electrons. The quantitative estimate of drug-likeness (QED) is 0.824. The predicted molar refractivity (Wildman–Crippen MR) is 59.9 cm³/mol. The van der Waals surface area contributed by atoms with E-state index in [1.165, 1.54) is 11.7 Å². The van der Waals surface area contributed by atoms with Gasteiger partial charge in [-0.05, 0) is 13.8 Å². The Bertz CT molecular complexity index is 334. The maximum Gasteiger partial charge on any atom is 0.434 e. The Labute approximate surface area is 99.6 Å². The molecule has 0 amide bonds. The van der Waals surface area contributed by atoms with Crippen LogP contribution in [0.4, 0.5) is 13.2 Å². The van der Waals surface area contributed by atoms with Gasteiger partial charge in [-0.25, -0.2) is 4.98 Å². The molecule has 0 aromatic carbocycles. The lowest BCUT2D eigenvalue weighted by molar-refractivity contribution is -0.141. The monoisotopic (exact) mass is 252 g/mol. The van der Waals surface area contributed by atoms with Gasteiger partial charge in [0.15, 0.2) is 5.69 Å². The number of ether oxygens (including phenoxy) is 1. The number of nitrogens with zero attached hydrogens (tertiary/aromatic N) is 2. The normalized spacial score (nSPS) is 12.9. The Morgan fingerprint density at radius 3 is 2.29 bits per heavy atom. The Morgan fingerprint density at radius 1 is 1.41 bits per heavy atom. The first kappa shape index (κ1) is 16.0. The van der Waals surface area contributed by atoms with Gasteiger partial charge in [-0.15, -0.1) is 0 Å². The smallest absolute Gasteiger partial charge is 0.383 e. The molecule has 1 unspecified atom stereocenters. The molecule has 0 spiro atoms. The zero-order chi connectivity index (χ0) is 13.6. The summed E-state index contributed by atoms with van der Waals surface area (Å²) in [5, 5.41) is 0. The second kappa shape index (κ2) is 6.64. The van der Waals surface area contributed by atoms with Gasteiger partial charge < -0.3 is 9.30 Å². The van der Waals surface area contributed by atoms with Crippen molar-refractivity contribution in [3.63, 3.8) is 0 Å². The van der Waals surface area contributed by atoms with E-state index in [-0.39, 0.29) is 6.04 Å². The largest absolute Gasteiger partial charge is 0.434 e. The molecule has 3 nitrogen and oxygen atoms in total. The summed E-state index contributed by atoms with van der Waals surface area (Å²) >= 11 is 0. The summed E-state index contributed by atoms with van der Waals surface area (Å²) in [5.41, 5.74) is -0.858. The summed E-state index contributed by atoms with van der Waals surface area (Å²) in [6.07, 6.45) is -3.37. The Kier molecular flexibility index (Phi) is 6.23. The van der Waals surface area contributed by atoms with Crippen molar-refractivity contribution in [2.45, 2.75) is 39.9 Å². The van der Waals surface area contributed by atoms with E-state index in [1.54, 1.807) is 13.8 Å². The van der Waals surface area contributed by atoms with Crippen molar-refractivity contribution >= 4 is 0 Å². The number of aryl methyl sites for hydroxylation is 1. The SMILES string of the molecule is CC.COCC(C)n1cc(C(F)(F)F)nc1C. The molecule has 0 aliphatic carbocycles. The maximum absolute atomic E-state index is 12.3. The Balaban J connectivity index is 0.00000121. The third kappa shape index (κ3) is 4.38. The second-order valence-electron chi connectivity index (χ2n) is 3.38. The topological polar surface area (TPSA) is 27.1 Å².